The molecule has 3 aromatic carbocycles. The third-order valence-corrected chi connectivity index (χ3v) is 5.56. The van der Waals surface area contributed by atoms with Crippen LogP contribution in [0.5, 0.6) is 5.75 Å². The van der Waals surface area contributed by atoms with Gasteiger partial charge in [0, 0.05) is 12.0 Å². The van der Waals surface area contributed by atoms with Gasteiger partial charge in [0.25, 0.3) is 11.8 Å². The third kappa shape index (κ3) is 5.92. The van der Waals surface area contributed by atoms with Gasteiger partial charge in [0.1, 0.15) is 12.3 Å². The molecular weight excluding hydrogens is 446 g/mol. The van der Waals surface area contributed by atoms with E-state index >= 15 is 0 Å². The van der Waals surface area contributed by atoms with E-state index in [1.165, 1.54) is 5.01 Å². The summed E-state index contributed by atoms with van der Waals surface area (Å²) in [4.78, 5) is 37.3. The maximum atomic E-state index is 13.0. The predicted octanol–water partition coefficient (Wildman–Crippen LogP) is 3.35. The Kier molecular flexibility index (Phi) is 7.52. The fourth-order valence-electron chi connectivity index (χ4n) is 3.73. The van der Waals surface area contributed by atoms with E-state index in [0.717, 1.165) is 16.8 Å². The Balaban J connectivity index is 1.41. The van der Waals surface area contributed by atoms with Crippen LogP contribution < -0.4 is 10.1 Å². The van der Waals surface area contributed by atoms with Crippen molar-refractivity contribution < 1.29 is 23.9 Å². The summed E-state index contributed by atoms with van der Waals surface area (Å²) in [5.74, 6) is -0.861. The van der Waals surface area contributed by atoms with Gasteiger partial charge in [0.15, 0.2) is 6.61 Å². The van der Waals surface area contributed by atoms with E-state index in [9.17, 15) is 14.4 Å². The predicted molar refractivity (Wildman–Crippen MR) is 130 cm³/mol. The lowest BCUT2D eigenvalue weighted by Gasteiger charge is -2.22. The van der Waals surface area contributed by atoms with Crippen LogP contribution in [0.1, 0.15) is 33.9 Å². The van der Waals surface area contributed by atoms with Crippen LogP contribution in [0, 0.1) is 0 Å². The zero-order valence-corrected chi connectivity index (χ0v) is 19.2. The van der Waals surface area contributed by atoms with Crippen LogP contribution in [0.2, 0.25) is 0 Å². The van der Waals surface area contributed by atoms with Gasteiger partial charge in [-0.2, -0.15) is 5.10 Å². The number of amides is 2. The molecule has 3 aromatic rings. The molecule has 0 saturated carbocycles. The van der Waals surface area contributed by atoms with E-state index in [-0.39, 0.29) is 12.6 Å². The number of esters is 1. The van der Waals surface area contributed by atoms with E-state index in [1.807, 2.05) is 54.6 Å². The van der Waals surface area contributed by atoms with Crippen molar-refractivity contribution in [1.82, 2.24) is 10.3 Å². The minimum atomic E-state index is -0.713. The van der Waals surface area contributed by atoms with Crippen LogP contribution >= 0.6 is 0 Å². The normalized spacial score (nSPS) is 14.7. The first kappa shape index (κ1) is 23.7. The molecule has 1 aliphatic rings. The lowest BCUT2D eigenvalue weighted by Crippen LogP contribution is -2.34. The van der Waals surface area contributed by atoms with Crippen molar-refractivity contribution in [2.45, 2.75) is 12.5 Å². The van der Waals surface area contributed by atoms with E-state index in [4.69, 9.17) is 9.47 Å². The first-order valence-electron chi connectivity index (χ1n) is 11.1. The highest BCUT2D eigenvalue weighted by Crippen LogP contribution is 2.33. The summed E-state index contributed by atoms with van der Waals surface area (Å²) >= 11 is 0. The first-order valence-corrected chi connectivity index (χ1v) is 11.1. The number of hydrazone groups is 1. The molecule has 0 saturated heterocycles. The zero-order valence-electron chi connectivity index (χ0n) is 19.2. The molecule has 1 N–H and O–H groups in total. The van der Waals surface area contributed by atoms with Gasteiger partial charge >= 0.3 is 5.97 Å². The maximum Gasteiger partial charge on any atom is 0.325 e. The molecule has 178 valence electrons. The quantitative estimate of drug-likeness (QED) is 0.508. The number of methoxy groups -OCH3 is 1. The highest BCUT2D eigenvalue weighted by atomic mass is 16.5. The fourth-order valence-corrected chi connectivity index (χ4v) is 3.73. The topological polar surface area (TPSA) is 97.3 Å². The SMILES string of the molecule is COc1ccc([C@@H]2CC(c3ccccc3)=NN2C(=O)COC(=O)CNC(=O)c2ccccc2)cc1. The number of carbonyl (C=O) groups is 3. The molecule has 4 rings (SSSR count). The van der Waals surface area contributed by atoms with Gasteiger partial charge in [0.05, 0.1) is 18.9 Å². The van der Waals surface area contributed by atoms with E-state index in [2.05, 4.69) is 10.4 Å². The number of ether oxygens (including phenoxy) is 2. The van der Waals surface area contributed by atoms with Crippen molar-refractivity contribution in [3.8, 4) is 5.75 Å². The first-order chi connectivity index (χ1) is 17.0. The Hall–Kier alpha value is -4.46. The van der Waals surface area contributed by atoms with Crippen molar-refractivity contribution in [3.05, 3.63) is 102 Å². The molecule has 0 aliphatic carbocycles. The van der Waals surface area contributed by atoms with Crippen LogP contribution in [-0.2, 0) is 14.3 Å². The average Bonchev–Trinajstić information content (AvgIpc) is 3.37. The summed E-state index contributed by atoms with van der Waals surface area (Å²) in [6.07, 6.45) is 0.517. The van der Waals surface area contributed by atoms with E-state index in [0.29, 0.717) is 17.7 Å². The lowest BCUT2D eigenvalue weighted by atomic mass is 9.98. The Morgan fingerprint density at radius 3 is 2.26 bits per heavy atom. The number of nitrogens with one attached hydrogen (secondary N) is 1. The van der Waals surface area contributed by atoms with Crippen molar-refractivity contribution in [1.29, 1.82) is 0 Å². The second-order valence-corrected chi connectivity index (χ2v) is 7.85. The third-order valence-electron chi connectivity index (χ3n) is 5.56. The largest absolute Gasteiger partial charge is 0.497 e. The zero-order chi connectivity index (χ0) is 24.6. The van der Waals surface area contributed by atoms with Gasteiger partial charge in [-0.05, 0) is 35.4 Å². The van der Waals surface area contributed by atoms with Gasteiger partial charge in [-0.25, -0.2) is 5.01 Å². The maximum absolute atomic E-state index is 13.0. The van der Waals surface area contributed by atoms with Crippen LogP contribution in [0.25, 0.3) is 0 Å². The summed E-state index contributed by atoms with van der Waals surface area (Å²) in [5.41, 5.74) is 3.00. The Morgan fingerprint density at radius 1 is 0.943 bits per heavy atom. The standard InChI is InChI=1S/C27H25N3O5/c1-34-22-14-12-20(13-15-22)24-16-23(19-8-4-2-5-9-19)29-30(24)25(31)18-35-26(32)17-28-27(33)21-10-6-3-7-11-21/h2-15,24H,16-18H2,1H3,(H,28,33)/t24-/m0/s1. The molecule has 35 heavy (non-hydrogen) atoms. The average molecular weight is 472 g/mol. The summed E-state index contributed by atoms with van der Waals surface area (Å²) in [6.45, 7) is -0.834. The highest BCUT2D eigenvalue weighted by Gasteiger charge is 2.33. The monoisotopic (exact) mass is 471 g/mol. The summed E-state index contributed by atoms with van der Waals surface area (Å²) in [7, 11) is 1.59. The van der Waals surface area contributed by atoms with E-state index in [1.54, 1.807) is 37.4 Å². The summed E-state index contributed by atoms with van der Waals surface area (Å²) < 4.78 is 10.4. The Morgan fingerprint density at radius 2 is 1.60 bits per heavy atom. The Labute approximate surface area is 203 Å². The van der Waals surface area contributed by atoms with Gasteiger partial charge < -0.3 is 14.8 Å². The van der Waals surface area contributed by atoms with Gasteiger partial charge in [-0.1, -0.05) is 60.7 Å². The molecule has 8 nitrogen and oxygen atoms in total. The number of benzene rings is 3. The van der Waals surface area contributed by atoms with Crippen molar-refractivity contribution in [2.24, 2.45) is 5.10 Å². The molecule has 1 aliphatic heterocycles. The highest BCUT2D eigenvalue weighted by molar-refractivity contribution is 6.03. The summed E-state index contributed by atoms with van der Waals surface area (Å²) in [5, 5.41) is 8.41. The minimum absolute atomic E-state index is 0.346. The second-order valence-electron chi connectivity index (χ2n) is 7.85. The molecule has 0 spiro atoms. The number of hydrogen-bond donors (Lipinski definition) is 1. The molecule has 0 unspecified atom stereocenters. The van der Waals surface area contributed by atoms with E-state index < -0.39 is 24.4 Å². The van der Waals surface area contributed by atoms with Crippen molar-refractivity contribution >= 4 is 23.5 Å². The minimum Gasteiger partial charge on any atom is -0.497 e. The molecule has 1 atom stereocenters. The van der Waals surface area contributed by atoms with Gasteiger partial charge in [0.2, 0.25) is 0 Å². The molecule has 0 aromatic heterocycles. The van der Waals surface area contributed by atoms with Crippen LogP contribution in [0.15, 0.2) is 90.0 Å². The number of hydrogen-bond acceptors (Lipinski definition) is 6. The van der Waals surface area contributed by atoms with Crippen molar-refractivity contribution in [2.75, 3.05) is 20.3 Å². The number of nitrogens with zero attached hydrogens (tertiary/aromatic N) is 2. The van der Waals surface area contributed by atoms with Crippen LogP contribution in [-0.4, -0.2) is 48.8 Å². The lowest BCUT2D eigenvalue weighted by molar-refractivity contribution is -0.152. The van der Waals surface area contributed by atoms with Crippen LogP contribution in [0.4, 0.5) is 0 Å². The van der Waals surface area contributed by atoms with Crippen molar-refractivity contribution in [3.63, 3.8) is 0 Å². The number of rotatable bonds is 8. The number of carbonyl (C=O) groups excluding carboxylic acids is 3. The molecule has 0 fully saturated rings. The fraction of sp³-hybridized carbons (Fsp3) is 0.185. The molecule has 2 amide bonds. The molecular formula is C27H25N3O5. The van der Waals surface area contributed by atoms with Crippen LogP contribution in [0.3, 0.4) is 0 Å². The Bertz CT molecular complexity index is 1210. The van der Waals surface area contributed by atoms with Gasteiger partial charge in [-0.3, -0.25) is 14.4 Å². The van der Waals surface area contributed by atoms with Gasteiger partial charge in [-0.15, -0.1) is 0 Å². The molecule has 0 bridgehead atoms. The molecule has 1 heterocycles. The second kappa shape index (κ2) is 11.1. The molecule has 0 radical (unpaired) electrons. The summed E-state index contributed by atoms with van der Waals surface area (Å²) in [6, 6.07) is 25.2. The molecule has 8 heteroatoms. The smallest absolute Gasteiger partial charge is 0.325 e.